The zero-order valence-corrected chi connectivity index (χ0v) is 6.73. The summed E-state index contributed by atoms with van der Waals surface area (Å²) in [5.74, 6) is 0. The molecule has 1 aliphatic heterocycles. The third-order valence-corrected chi connectivity index (χ3v) is 1.97. The molecule has 0 spiro atoms. The van der Waals surface area contributed by atoms with Crippen LogP contribution in [0.2, 0.25) is 0 Å². The zero-order valence-electron chi connectivity index (χ0n) is 6.73. The van der Waals surface area contributed by atoms with Gasteiger partial charge in [0, 0.05) is 13.5 Å². The minimum absolute atomic E-state index is 0.311. The van der Waals surface area contributed by atoms with Crippen molar-refractivity contribution in [1.82, 2.24) is 0 Å². The molecule has 0 saturated carbocycles. The number of methoxy groups -OCH3 is 1. The van der Waals surface area contributed by atoms with Gasteiger partial charge in [-0.15, -0.1) is 0 Å². The van der Waals surface area contributed by atoms with Gasteiger partial charge in [-0.1, -0.05) is 0 Å². The van der Waals surface area contributed by atoms with Crippen molar-refractivity contribution in [3.8, 4) is 0 Å². The van der Waals surface area contributed by atoms with Crippen molar-refractivity contribution in [3.05, 3.63) is 0 Å². The Morgan fingerprint density at radius 1 is 1.45 bits per heavy atom. The predicted molar refractivity (Wildman–Crippen MR) is 38.0 cm³/mol. The van der Waals surface area contributed by atoms with E-state index >= 15 is 0 Å². The Kier molecular flexibility index (Phi) is 2.84. The van der Waals surface area contributed by atoms with Crippen molar-refractivity contribution >= 4 is 0 Å². The molecule has 1 saturated heterocycles. The maximum atomic E-state index is 9.39. The van der Waals surface area contributed by atoms with Crippen molar-refractivity contribution < 1.29 is 19.7 Å². The summed E-state index contributed by atoms with van der Waals surface area (Å²) in [5.41, 5.74) is 0. The van der Waals surface area contributed by atoms with Crippen molar-refractivity contribution in [3.63, 3.8) is 0 Å². The lowest BCUT2D eigenvalue weighted by molar-refractivity contribution is -0.231. The summed E-state index contributed by atoms with van der Waals surface area (Å²) < 4.78 is 9.91. The van der Waals surface area contributed by atoms with Crippen LogP contribution in [-0.4, -0.2) is 41.9 Å². The average Bonchev–Trinajstić information content (AvgIpc) is 1.96. The van der Waals surface area contributed by atoms with E-state index in [0.717, 1.165) is 0 Å². The Morgan fingerprint density at radius 2 is 2.09 bits per heavy atom. The fourth-order valence-corrected chi connectivity index (χ4v) is 1.26. The van der Waals surface area contributed by atoms with Gasteiger partial charge in [0.05, 0.1) is 12.2 Å². The predicted octanol–water partition coefficient (Wildman–Crippen LogP) is -0.510. The molecule has 11 heavy (non-hydrogen) atoms. The molecule has 4 atom stereocenters. The van der Waals surface area contributed by atoms with Crippen molar-refractivity contribution in [2.45, 2.75) is 37.9 Å². The highest BCUT2D eigenvalue weighted by Gasteiger charge is 2.34. The minimum atomic E-state index is -0.807. The molecular formula is C7H14O4. The Morgan fingerprint density at radius 3 is 2.64 bits per heavy atom. The zero-order chi connectivity index (χ0) is 8.43. The average molecular weight is 162 g/mol. The van der Waals surface area contributed by atoms with Crippen LogP contribution in [0.25, 0.3) is 0 Å². The summed E-state index contributed by atoms with van der Waals surface area (Å²) in [7, 11) is 1.51. The van der Waals surface area contributed by atoms with E-state index in [9.17, 15) is 5.11 Å². The van der Waals surface area contributed by atoms with Gasteiger partial charge < -0.3 is 19.7 Å². The van der Waals surface area contributed by atoms with Gasteiger partial charge in [-0.05, 0) is 6.92 Å². The highest BCUT2D eigenvalue weighted by atomic mass is 16.6. The fourth-order valence-electron chi connectivity index (χ4n) is 1.26. The highest BCUT2D eigenvalue weighted by Crippen LogP contribution is 2.20. The molecule has 66 valence electrons. The largest absolute Gasteiger partial charge is 0.388 e. The van der Waals surface area contributed by atoms with E-state index in [2.05, 4.69) is 0 Å². The molecule has 4 nitrogen and oxygen atoms in total. The van der Waals surface area contributed by atoms with Crippen LogP contribution in [0.5, 0.6) is 0 Å². The van der Waals surface area contributed by atoms with Gasteiger partial charge in [-0.3, -0.25) is 0 Å². The van der Waals surface area contributed by atoms with E-state index in [4.69, 9.17) is 14.6 Å². The quantitative estimate of drug-likeness (QED) is 0.545. The van der Waals surface area contributed by atoms with Crippen LogP contribution in [0, 0.1) is 0 Å². The fraction of sp³-hybridized carbons (Fsp3) is 1.00. The normalized spacial score (nSPS) is 45.8. The van der Waals surface area contributed by atoms with Crippen molar-refractivity contribution in [2.24, 2.45) is 0 Å². The standard InChI is InChI=1S/C7H14O4/c1-4-7(9)5(10-2)3-6(8)11-4/h4-9H,3H2,1-2H3/t4-,5-,6?,7-/m1/s1. The van der Waals surface area contributed by atoms with Crippen LogP contribution >= 0.6 is 0 Å². The van der Waals surface area contributed by atoms with Crippen LogP contribution in [0.3, 0.4) is 0 Å². The van der Waals surface area contributed by atoms with Crippen molar-refractivity contribution in [1.29, 1.82) is 0 Å². The number of aliphatic hydroxyl groups excluding tert-OH is 2. The molecule has 0 aromatic heterocycles. The van der Waals surface area contributed by atoms with Gasteiger partial charge in [-0.25, -0.2) is 0 Å². The highest BCUT2D eigenvalue weighted by molar-refractivity contribution is 4.80. The SMILES string of the molecule is CO[C@@H]1CC(O)O[C@H](C)[C@H]1O. The van der Waals surface area contributed by atoms with E-state index in [0.29, 0.717) is 6.42 Å². The molecule has 0 aromatic carbocycles. The van der Waals surface area contributed by atoms with Crippen LogP contribution in [0.4, 0.5) is 0 Å². The second kappa shape index (κ2) is 3.49. The lowest BCUT2D eigenvalue weighted by Gasteiger charge is -2.34. The first-order chi connectivity index (χ1) is 5.15. The molecule has 1 heterocycles. The van der Waals surface area contributed by atoms with Crippen molar-refractivity contribution in [2.75, 3.05) is 7.11 Å². The molecule has 1 rings (SSSR count). The Bertz CT molecular complexity index is 128. The number of hydrogen-bond acceptors (Lipinski definition) is 4. The summed E-state index contributed by atoms with van der Waals surface area (Å²) in [6.45, 7) is 1.71. The van der Waals surface area contributed by atoms with Crippen LogP contribution in [0.15, 0.2) is 0 Å². The maximum Gasteiger partial charge on any atom is 0.157 e. The van der Waals surface area contributed by atoms with Gasteiger partial charge in [0.1, 0.15) is 6.10 Å². The van der Waals surface area contributed by atoms with Gasteiger partial charge in [0.15, 0.2) is 6.29 Å². The number of ether oxygens (including phenoxy) is 2. The molecule has 0 aromatic rings. The summed E-state index contributed by atoms with van der Waals surface area (Å²) >= 11 is 0. The van der Waals surface area contributed by atoms with Crippen LogP contribution < -0.4 is 0 Å². The van der Waals surface area contributed by atoms with Gasteiger partial charge in [-0.2, -0.15) is 0 Å². The molecule has 1 unspecified atom stereocenters. The first-order valence-corrected chi connectivity index (χ1v) is 3.69. The van der Waals surface area contributed by atoms with Gasteiger partial charge >= 0.3 is 0 Å². The summed E-state index contributed by atoms with van der Waals surface area (Å²) in [6, 6.07) is 0. The molecule has 2 N–H and O–H groups in total. The number of aliphatic hydroxyl groups is 2. The molecular weight excluding hydrogens is 148 g/mol. The second-order valence-corrected chi connectivity index (χ2v) is 2.80. The molecule has 0 aliphatic carbocycles. The first kappa shape index (κ1) is 8.93. The third kappa shape index (κ3) is 1.90. The lowest BCUT2D eigenvalue weighted by Crippen LogP contribution is -2.47. The Balaban J connectivity index is 2.51. The van der Waals surface area contributed by atoms with E-state index in [1.807, 2.05) is 0 Å². The number of hydrogen-bond donors (Lipinski definition) is 2. The monoisotopic (exact) mass is 162 g/mol. The number of rotatable bonds is 1. The molecule has 4 heteroatoms. The van der Waals surface area contributed by atoms with Gasteiger partial charge in [0.25, 0.3) is 0 Å². The smallest absolute Gasteiger partial charge is 0.157 e. The topological polar surface area (TPSA) is 58.9 Å². The van der Waals surface area contributed by atoms with E-state index < -0.39 is 12.4 Å². The van der Waals surface area contributed by atoms with Crippen LogP contribution in [-0.2, 0) is 9.47 Å². The van der Waals surface area contributed by atoms with E-state index in [1.165, 1.54) is 7.11 Å². The molecule has 0 amide bonds. The second-order valence-electron chi connectivity index (χ2n) is 2.80. The molecule has 1 aliphatic rings. The Hall–Kier alpha value is -0.160. The Labute approximate surface area is 65.7 Å². The summed E-state index contributed by atoms with van der Waals surface area (Å²) in [5, 5.41) is 18.5. The maximum absolute atomic E-state index is 9.39. The van der Waals surface area contributed by atoms with E-state index in [-0.39, 0.29) is 12.2 Å². The summed E-state index contributed by atoms with van der Waals surface area (Å²) in [6.07, 6.45) is -1.78. The lowest BCUT2D eigenvalue weighted by atomic mass is 10.0. The molecule has 0 bridgehead atoms. The summed E-state index contributed by atoms with van der Waals surface area (Å²) in [4.78, 5) is 0. The minimum Gasteiger partial charge on any atom is -0.388 e. The first-order valence-electron chi connectivity index (χ1n) is 3.69. The third-order valence-electron chi connectivity index (χ3n) is 1.97. The van der Waals surface area contributed by atoms with Crippen LogP contribution in [0.1, 0.15) is 13.3 Å². The van der Waals surface area contributed by atoms with E-state index in [1.54, 1.807) is 6.92 Å². The van der Waals surface area contributed by atoms with Gasteiger partial charge in [0.2, 0.25) is 0 Å². The molecule has 1 fully saturated rings. The molecule has 0 radical (unpaired) electrons.